The van der Waals surface area contributed by atoms with Crippen molar-refractivity contribution in [2.75, 3.05) is 13.9 Å². The second-order valence-electron chi connectivity index (χ2n) is 4.13. The van der Waals surface area contributed by atoms with Crippen LogP contribution in [0.3, 0.4) is 0 Å². The van der Waals surface area contributed by atoms with Gasteiger partial charge in [0.1, 0.15) is 5.15 Å². The van der Waals surface area contributed by atoms with E-state index in [0.29, 0.717) is 45.4 Å². The number of ether oxygens (including phenoxy) is 3. The van der Waals surface area contributed by atoms with Gasteiger partial charge in [0.15, 0.2) is 17.3 Å². The minimum Gasteiger partial charge on any atom is -0.454 e. The molecule has 0 fully saturated rings. The topological polar surface area (TPSA) is 53.5 Å². The zero-order valence-electron chi connectivity index (χ0n) is 10.5. The van der Waals surface area contributed by atoms with Crippen molar-refractivity contribution in [3.63, 3.8) is 0 Å². The van der Waals surface area contributed by atoms with Gasteiger partial charge in [0.2, 0.25) is 6.79 Å². The van der Waals surface area contributed by atoms with Gasteiger partial charge in [-0.15, -0.1) is 0 Å². The lowest BCUT2D eigenvalue weighted by molar-refractivity contribution is 0.174. The maximum absolute atomic E-state index is 6.15. The van der Waals surface area contributed by atoms with E-state index in [2.05, 4.69) is 9.97 Å². The summed E-state index contributed by atoms with van der Waals surface area (Å²) >= 11 is 12.1. The Labute approximate surface area is 125 Å². The smallest absolute Gasteiger partial charge is 0.231 e. The minimum absolute atomic E-state index is 0.157. The van der Waals surface area contributed by atoms with Crippen molar-refractivity contribution in [2.45, 2.75) is 6.61 Å². The first kappa shape index (κ1) is 13.4. The molecule has 1 aromatic heterocycles. The Morgan fingerprint density at radius 3 is 2.85 bits per heavy atom. The fourth-order valence-corrected chi connectivity index (χ4v) is 2.38. The number of aromatic nitrogens is 2. The largest absolute Gasteiger partial charge is 0.454 e. The van der Waals surface area contributed by atoms with Crippen LogP contribution in [-0.2, 0) is 11.3 Å². The molecular weight excluding hydrogens is 303 g/mol. The Kier molecular flexibility index (Phi) is 3.65. The van der Waals surface area contributed by atoms with Gasteiger partial charge in [0, 0.05) is 12.7 Å². The van der Waals surface area contributed by atoms with Gasteiger partial charge in [0.25, 0.3) is 0 Å². The molecule has 0 atom stereocenters. The summed E-state index contributed by atoms with van der Waals surface area (Å²) in [6.45, 7) is 0.511. The zero-order valence-corrected chi connectivity index (χ0v) is 12.0. The molecular formula is C13H10Cl2N2O3. The van der Waals surface area contributed by atoms with E-state index in [4.69, 9.17) is 37.4 Å². The Bertz CT molecular complexity index is 664. The lowest BCUT2D eigenvalue weighted by atomic mass is 10.2. The third kappa shape index (κ3) is 2.52. The van der Waals surface area contributed by atoms with Crippen molar-refractivity contribution in [2.24, 2.45) is 0 Å². The monoisotopic (exact) mass is 312 g/mol. The fourth-order valence-electron chi connectivity index (χ4n) is 1.91. The lowest BCUT2D eigenvalue weighted by Crippen LogP contribution is -1.97. The summed E-state index contributed by atoms with van der Waals surface area (Å²) in [4.78, 5) is 8.58. The molecule has 1 aromatic carbocycles. The Morgan fingerprint density at radius 1 is 1.20 bits per heavy atom. The van der Waals surface area contributed by atoms with E-state index in [1.165, 1.54) is 0 Å². The summed E-state index contributed by atoms with van der Waals surface area (Å²) in [5.74, 6) is 1.57. The van der Waals surface area contributed by atoms with Gasteiger partial charge in [-0.3, -0.25) is 0 Å². The highest BCUT2D eigenvalue weighted by molar-refractivity contribution is 6.32. The number of hydrogen-bond donors (Lipinski definition) is 0. The molecule has 0 aliphatic carbocycles. The predicted molar refractivity (Wildman–Crippen MR) is 74.3 cm³/mol. The number of nitrogens with zero attached hydrogens (tertiary/aromatic N) is 2. The molecule has 20 heavy (non-hydrogen) atoms. The Balaban J connectivity index is 2.07. The summed E-state index contributed by atoms with van der Waals surface area (Å²) in [5.41, 5.74) is 1.40. The van der Waals surface area contributed by atoms with E-state index in [1.54, 1.807) is 25.3 Å². The molecule has 0 unspecified atom stereocenters. The highest BCUT2D eigenvalue weighted by Crippen LogP contribution is 2.41. The van der Waals surface area contributed by atoms with E-state index in [0.717, 1.165) is 0 Å². The van der Waals surface area contributed by atoms with Gasteiger partial charge in [-0.25, -0.2) is 9.97 Å². The van der Waals surface area contributed by atoms with E-state index in [9.17, 15) is 0 Å². The van der Waals surface area contributed by atoms with Crippen LogP contribution in [0.25, 0.3) is 11.4 Å². The highest BCUT2D eigenvalue weighted by atomic mass is 35.5. The molecule has 7 heteroatoms. The molecule has 0 radical (unpaired) electrons. The van der Waals surface area contributed by atoms with E-state index in [1.807, 2.05) is 0 Å². The van der Waals surface area contributed by atoms with Crippen LogP contribution in [0.4, 0.5) is 0 Å². The first-order chi connectivity index (χ1) is 9.67. The number of fused-ring (bicyclic) bond motifs is 1. The summed E-state index contributed by atoms with van der Waals surface area (Å²) in [6.07, 6.45) is 0. The number of rotatable bonds is 3. The van der Waals surface area contributed by atoms with Gasteiger partial charge in [-0.05, 0) is 18.2 Å². The molecule has 2 aromatic rings. The summed E-state index contributed by atoms with van der Waals surface area (Å²) in [5, 5.41) is 0.794. The zero-order chi connectivity index (χ0) is 14.1. The van der Waals surface area contributed by atoms with Crippen molar-refractivity contribution in [1.29, 1.82) is 0 Å². The first-order valence-electron chi connectivity index (χ1n) is 5.79. The van der Waals surface area contributed by atoms with Crippen LogP contribution in [0.2, 0.25) is 10.2 Å². The molecule has 0 amide bonds. The third-order valence-corrected chi connectivity index (χ3v) is 3.20. The molecule has 2 heterocycles. The van der Waals surface area contributed by atoms with Crippen molar-refractivity contribution in [3.8, 4) is 22.9 Å². The number of halogens is 2. The van der Waals surface area contributed by atoms with Crippen LogP contribution in [0, 0.1) is 0 Å². The second-order valence-corrected chi connectivity index (χ2v) is 4.92. The Hall–Kier alpha value is -1.56. The standard InChI is InChI=1S/C13H10Cl2N2O3/c1-18-5-8-4-11(15)17-13(16-8)7-2-9(14)12-10(3-7)19-6-20-12/h2-4H,5-6H2,1H3. The molecule has 0 spiro atoms. The summed E-state index contributed by atoms with van der Waals surface area (Å²) < 4.78 is 15.6. The average molecular weight is 313 g/mol. The summed E-state index contributed by atoms with van der Waals surface area (Å²) in [6, 6.07) is 5.15. The molecule has 0 bridgehead atoms. The highest BCUT2D eigenvalue weighted by Gasteiger charge is 2.20. The van der Waals surface area contributed by atoms with Gasteiger partial charge in [-0.1, -0.05) is 23.2 Å². The SMILES string of the molecule is COCc1cc(Cl)nc(-c2cc(Cl)c3c(c2)OCO3)n1. The van der Waals surface area contributed by atoms with Gasteiger partial charge >= 0.3 is 0 Å². The quantitative estimate of drug-likeness (QED) is 0.814. The molecule has 1 aliphatic heterocycles. The van der Waals surface area contributed by atoms with Gasteiger partial charge in [-0.2, -0.15) is 0 Å². The van der Waals surface area contributed by atoms with Crippen LogP contribution >= 0.6 is 23.2 Å². The van der Waals surface area contributed by atoms with Crippen molar-refractivity contribution >= 4 is 23.2 Å². The second kappa shape index (κ2) is 5.44. The molecule has 0 N–H and O–H groups in total. The van der Waals surface area contributed by atoms with E-state index >= 15 is 0 Å². The predicted octanol–water partition coefficient (Wildman–Crippen LogP) is 3.33. The maximum atomic E-state index is 6.15. The van der Waals surface area contributed by atoms with Crippen LogP contribution in [0.1, 0.15) is 5.69 Å². The normalized spacial score (nSPS) is 12.8. The lowest BCUT2D eigenvalue weighted by Gasteiger charge is -2.06. The Morgan fingerprint density at radius 2 is 2.05 bits per heavy atom. The number of benzene rings is 1. The van der Waals surface area contributed by atoms with E-state index in [-0.39, 0.29) is 6.79 Å². The van der Waals surface area contributed by atoms with Crippen molar-refractivity contribution in [1.82, 2.24) is 9.97 Å². The van der Waals surface area contributed by atoms with Crippen molar-refractivity contribution < 1.29 is 14.2 Å². The van der Waals surface area contributed by atoms with Crippen molar-refractivity contribution in [3.05, 3.63) is 34.1 Å². The minimum atomic E-state index is 0.157. The maximum Gasteiger partial charge on any atom is 0.231 e. The molecule has 1 aliphatic rings. The molecule has 104 valence electrons. The molecule has 5 nitrogen and oxygen atoms in total. The molecule has 0 saturated heterocycles. The van der Waals surface area contributed by atoms with Gasteiger partial charge in [0.05, 0.1) is 17.3 Å². The molecule has 0 saturated carbocycles. The number of methoxy groups -OCH3 is 1. The third-order valence-electron chi connectivity index (χ3n) is 2.73. The average Bonchev–Trinajstić information content (AvgIpc) is 2.87. The summed E-state index contributed by atoms with van der Waals surface area (Å²) in [7, 11) is 1.59. The van der Waals surface area contributed by atoms with Crippen LogP contribution < -0.4 is 9.47 Å². The fraction of sp³-hybridized carbons (Fsp3) is 0.231. The van der Waals surface area contributed by atoms with Gasteiger partial charge < -0.3 is 14.2 Å². The molecule has 3 rings (SSSR count). The van der Waals surface area contributed by atoms with Crippen LogP contribution in [0.15, 0.2) is 18.2 Å². The number of hydrogen-bond acceptors (Lipinski definition) is 5. The van der Waals surface area contributed by atoms with Crippen LogP contribution in [-0.4, -0.2) is 23.9 Å². The first-order valence-corrected chi connectivity index (χ1v) is 6.55. The van der Waals surface area contributed by atoms with E-state index < -0.39 is 0 Å². The van der Waals surface area contributed by atoms with Crippen LogP contribution in [0.5, 0.6) is 11.5 Å².